The van der Waals surface area contributed by atoms with Gasteiger partial charge in [0.15, 0.2) is 0 Å². The standard InChI is InChI=1S/C13H33N3O6SSi/c1-14(8-4-5-13-24(20,21)22)9-6-10-15(2)11-7-12-16(3)23(17,18)19/h20-22H,4-13H2,1-3H3,(H,17,18,19). The van der Waals surface area contributed by atoms with Crippen LogP contribution in [0.1, 0.15) is 25.7 Å². The molecule has 11 heteroatoms. The molecule has 0 bridgehead atoms. The van der Waals surface area contributed by atoms with Crippen LogP contribution in [-0.4, -0.2) is 104 Å². The Kier molecular flexibility index (Phi) is 11.4. The molecule has 9 nitrogen and oxygen atoms in total. The Morgan fingerprint density at radius 3 is 1.58 bits per heavy atom. The Balaban J connectivity index is 3.65. The summed E-state index contributed by atoms with van der Waals surface area (Å²) in [6.07, 6.45) is 3.03. The molecule has 0 fully saturated rings. The van der Waals surface area contributed by atoms with E-state index in [0.29, 0.717) is 12.8 Å². The van der Waals surface area contributed by atoms with Crippen LogP contribution in [0.5, 0.6) is 0 Å². The SMILES string of the molecule is CN(CCCC[Si](O)(O)O)CCCN(C)CCCN(C)S(=O)(=O)O. The molecule has 0 spiro atoms. The highest BCUT2D eigenvalue weighted by atomic mass is 32.2. The second-order valence-electron chi connectivity index (χ2n) is 6.34. The van der Waals surface area contributed by atoms with Crippen molar-refractivity contribution in [3.05, 3.63) is 0 Å². The van der Waals surface area contributed by atoms with Crippen molar-refractivity contribution in [3.63, 3.8) is 0 Å². The lowest BCUT2D eigenvalue weighted by Crippen LogP contribution is -2.34. The minimum Gasteiger partial charge on any atom is -0.390 e. The van der Waals surface area contributed by atoms with Crippen molar-refractivity contribution in [1.82, 2.24) is 14.1 Å². The molecule has 146 valence electrons. The fourth-order valence-corrected chi connectivity index (χ4v) is 3.34. The van der Waals surface area contributed by atoms with E-state index in [1.807, 2.05) is 14.1 Å². The first-order valence-corrected chi connectivity index (χ1v) is 11.6. The molecule has 0 radical (unpaired) electrons. The van der Waals surface area contributed by atoms with Gasteiger partial charge in [0, 0.05) is 19.6 Å². The zero-order valence-corrected chi connectivity index (χ0v) is 16.7. The van der Waals surface area contributed by atoms with Crippen LogP contribution in [0, 0.1) is 0 Å². The normalized spacial score (nSPS) is 13.4. The van der Waals surface area contributed by atoms with Crippen molar-refractivity contribution >= 4 is 19.1 Å². The molecule has 0 rings (SSSR count). The van der Waals surface area contributed by atoms with Crippen LogP contribution in [0.15, 0.2) is 0 Å². The van der Waals surface area contributed by atoms with E-state index in [1.165, 1.54) is 7.05 Å². The van der Waals surface area contributed by atoms with Crippen molar-refractivity contribution in [2.24, 2.45) is 0 Å². The van der Waals surface area contributed by atoms with E-state index in [4.69, 9.17) is 18.9 Å². The third-order valence-electron chi connectivity index (χ3n) is 3.79. The Morgan fingerprint density at radius 2 is 1.17 bits per heavy atom. The zero-order chi connectivity index (χ0) is 18.8. The number of unbranched alkanes of at least 4 members (excludes halogenated alkanes) is 1. The third kappa shape index (κ3) is 14.2. The van der Waals surface area contributed by atoms with Gasteiger partial charge in [-0.3, -0.25) is 4.55 Å². The summed E-state index contributed by atoms with van der Waals surface area (Å²) in [6.45, 7) is 3.68. The first-order valence-electron chi connectivity index (χ1n) is 8.15. The third-order valence-corrected chi connectivity index (χ3v) is 5.78. The van der Waals surface area contributed by atoms with E-state index in [2.05, 4.69) is 9.80 Å². The Labute approximate surface area is 146 Å². The van der Waals surface area contributed by atoms with E-state index in [1.54, 1.807) is 0 Å². The maximum absolute atomic E-state index is 10.8. The summed E-state index contributed by atoms with van der Waals surface area (Å²) >= 11 is 0. The molecule has 0 unspecified atom stereocenters. The molecule has 0 aliphatic carbocycles. The molecule has 0 saturated carbocycles. The highest BCUT2D eigenvalue weighted by molar-refractivity contribution is 7.83. The largest absolute Gasteiger partial charge is 0.492 e. The summed E-state index contributed by atoms with van der Waals surface area (Å²) in [5.41, 5.74) is 0. The maximum atomic E-state index is 10.8. The van der Waals surface area contributed by atoms with Gasteiger partial charge in [-0.1, -0.05) is 0 Å². The summed E-state index contributed by atoms with van der Waals surface area (Å²) in [5.74, 6) is 0. The first kappa shape index (κ1) is 23.9. The highest BCUT2D eigenvalue weighted by Crippen LogP contribution is 2.05. The first-order chi connectivity index (χ1) is 10.9. The van der Waals surface area contributed by atoms with E-state index in [9.17, 15) is 8.42 Å². The average molecular weight is 388 g/mol. The average Bonchev–Trinajstić information content (AvgIpc) is 2.41. The van der Waals surface area contributed by atoms with Gasteiger partial charge in [-0.15, -0.1) is 0 Å². The van der Waals surface area contributed by atoms with Crippen molar-refractivity contribution in [1.29, 1.82) is 0 Å². The molecule has 0 aliphatic rings. The zero-order valence-electron chi connectivity index (χ0n) is 14.9. The van der Waals surface area contributed by atoms with Gasteiger partial charge >= 0.3 is 19.1 Å². The van der Waals surface area contributed by atoms with Crippen molar-refractivity contribution in [3.8, 4) is 0 Å². The summed E-state index contributed by atoms with van der Waals surface area (Å²) in [7, 11) is -2.65. The van der Waals surface area contributed by atoms with Crippen LogP contribution in [0.4, 0.5) is 0 Å². The number of hydrogen-bond acceptors (Lipinski definition) is 7. The quantitative estimate of drug-likeness (QED) is 0.171. The van der Waals surface area contributed by atoms with Gasteiger partial charge in [-0.25, -0.2) is 0 Å². The van der Waals surface area contributed by atoms with Gasteiger partial charge in [0.2, 0.25) is 0 Å². The molecule has 24 heavy (non-hydrogen) atoms. The van der Waals surface area contributed by atoms with Gasteiger partial charge < -0.3 is 24.2 Å². The predicted octanol–water partition coefficient (Wildman–Crippen LogP) is -0.939. The second-order valence-corrected chi connectivity index (χ2v) is 9.91. The molecule has 4 N–H and O–H groups in total. The van der Waals surface area contributed by atoms with E-state index >= 15 is 0 Å². The molecule has 0 heterocycles. The molecule has 0 aromatic rings. The van der Waals surface area contributed by atoms with Crippen LogP contribution < -0.4 is 0 Å². The van der Waals surface area contributed by atoms with Crippen LogP contribution in [0.25, 0.3) is 0 Å². The maximum Gasteiger partial charge on any atom is 0.492 e. The summed E-state index contributed by atoms with van der Waals surface area (Å²) in [4.78, 5) is 31.0. The molecule has 0 aromatic heterocycles. The van der Waals surface area contributed by atoms with E-state index in [0.717, 1.165) is 43.3 Å². The van der Waals surface area contributed by atoms with E-state index in [-0.39, 0.29) is 12.6 Å². The Morgan fingerprint density at radius 1 is 0.750 bits per heavy atom. The van der Waals surface area contributed by atoms with Crippen molar-refractivity contribution < 1.29 is 27.4 Å². The Bertz CT molecular complexity index is 432. The van der Waals surface area contributed by atoms with Gasteiger partial charge in [-0.05, 0) is 66.0 Å². The second kappa shape index (κ2) is 11.5. The molecule has 0 amide bonds. The fraction of sp³-hybridized carbons (Fsp3) is 1.00. The van der Waals surface area contributed by atoms with Gasteiger partial charge in [0.1, 0.15) is 0 Å². The molecular formula is C13H33N3O6SSi. The van der Waals surface area contributed by atoms with Gasteiger partial charge in [0.05, 0.1) is 0 Å². The van der Waals surface area contributed by atoms with E-state index < -0.39 is 19.1 Å². The highest BCUT2D eigenvalue weighted by Gasteiger charge is 2.25. The molecule has 0 atom stereocenters. The lowest BCUT2D eigenvalue weighted by molar-refractivity contribution is 0.224. The molecule has 0 saturated heterocycles. The Hall–Kier alpha value is -0.113. The summed E-state index contributed by atoms with van der Waals surface area (Å²) in [5, 5.41) is 0. The van der Waals surface area contributed by atoms with Crippen molar-refractivity contribution in [2.75, 3.05) is 53.9 Å². The van der Waals surface area contributed by atoms with Gasteiger partial charge in [-0.2, -0.15) is 12.7 Å². The van der Waals surface area contributed by atoms with Crippen LogP contribution >= 0.6 is 0 Å². The smallest absolute Gasteiger partial charge is 0.390 e. The topological polar surface area (TPSA) is 125 Å². The minimum absolute atomic E-state index is 0.0849. The lowest BCUT2D eigenvalue weighted by atomic mass is 10.3. The minimum atomic E-state index is -4.09. The number of rotatable bonds is 14. The molecule has 0 aliphatic heterocycles. The van der Waals surface area contributed by atoms with Crippen molar-refractivity contribution in [2.45, 2.75) is 31.7 Å². The fourth-order valence-electron chi connectivity index (χ4n) is 2.26. The van der Waals surface area contributed by atoms with Crippen LogP contribution in [0.2, 0.25) is 6.04 Å². The van der Waals surface area contributed by atoms with Crippen LogP contribution in [-0.2, 0) is 10.3 Å². The lowest BCUT2D eigenvalue weighted by Gasteiger charge is -2.21. The van der Waals surface area contributed by atoms with Gasteiger partial charge in [0.25, 0.3) is 0 Å². The number of nitrogens with zero attached hydrogens (tertiary/aromatic N) is 3. The van der Waals surface area contributed by atoms with Crippen LogP contribution in [0.3, 0.4) is 0 Å². The monoisotopic (exact) mass is 387 g/mol. The summed E-state index contributed by atoms with van der Waals surface area (Å²) in [6, 6.07) is 0.0849. The number of hydrogen-bond donors (Lipinski definition) is 4. The molecule has 0 aromatic carbocycles. The molecular weight excluding hydrogens is 354 g/mol. The summed E-state index contributed by atoms with van der Waals surface area (Å²) < 4.78 is 31.4. The predicted molar refractivity (Wildman–Crippen MR) is 94.9 cm³/mol.